The second kappa shape index (κ2) is 8.05. The van der Waals surface area contributed by atoms with Crippen LogP contribution in [0.1, 0.15) is 10.8 Å². The molecule has 3 rings (SSSR count). The summed E-state index contributed by atoms with van der Waals surface area (Å²) in [5, 5.41) is 8.65. The van der Waals surface area contributed by atoms with Crippen molar-refractivity contribution in [2.24, 2.45) is 7.05 Å². The molecule has 0 spiro atoms. The van der Waals surface area contributed by atoms with E-state index in [0.29, 0.717) is 11.0 Å². The lowest BCUT2D eigenvalue weighted by Crippen LogP contribution is -2.12. The van der Waals surface area contributed by atoms with E-state index in [1.54, 1.807) is 7.11 Å². The summed E-state index contributed by atoms with van der Waals surface area (Å²) in [5.41, 5.74) is 1.78. The molecule has 0 fully saturated rings. The van der Waals surface area contributed by atoms with Crippen LogP contribution in [0, 0.1) is 0 Å². The highest BCUT2D eigenvalue weighted by Crippen LogP contribution is 2.36. The molecule has 6 nitrogen and oxygen atoms in total. The van der Waals surface area contributed by atoms with E-state index in [1.165, 1.54) is 18.9 Å². The number of carbonyl (C=O) groups excluding carboxylic acids is 1. The highest BCUT2D eigenvalue weighted by Gasteiger charge is 2.25. The van der Waals surface area contributed by atoms with E-state index in [9.17, 15) is 4.79 Å². The van der Waals surface area contributed by atoms with Crippen LogP contribution >= 0.6 is 11.8 Å². The molecule has 26 heavy (non-hydrogen) atoms. The predicted octanol–water partition coefficient (Wildman–Crippen LogP) is 3.50. The number of esters is 1. The van der Waals surface area contributed by atoms with Gasteiger partial charge in [-0.1, -0.05) is 42.1 Å². The van der Waals surface area contributed by atoms with Gasteiger partial charge in [0, 0.05) is 12.6 Å². The van der Waals surface area contributed by atoms with Crippen LogP contribution in [0.2, 0.25) is 0 Å². The first-order valence-corrected chi connectivity index (χ1v) is 8.85. The molecule has 1 atom stereocenters. The van der Waals surface area contributed by atoms with Gasteiger partial charge in [0.25, 0.3) is 0 Å². The summed E-state index contributed by atoms with van der Waals surface area (Å²) in [4.78, 5) is 12.3. The van der Waals surface area contributed by atoms with Crippen LogP contribution < -0.4 is 4.74 Å². The molecule has 134 valence electrons. The van der Waals surface area contributed by atoms with Crippen LogP contribution in [-0.2, 0) is 16.6 Å². The van der Waals surface area contributed by atoms with Crippen molar-refractivity contribution in [1.82, 2.24) is 14.8 Å². The number of methoxy groups -OCH3 is 2. The Kier molecular flexibility index (Phi) is 5.58. The zero-order chi connectivity index (χ0) is 18.5. The van der Waals surface area contributed by atoms with Gasteiger partial charge in [0.15, 0.2) is 11.0 Å². The number of thioether (sulfide) groups is 1. The van der Waals surface area contributed by atoms with Gasteiger partial charge < -0.3 is 14.0 Å². The summed E-state index contributed by atoms with van der Waals surface area (Å²) in [6.45, 7) is 0. The van der Waals surface area contributed by atoms with E-state index in [-0.39, 0.29) is 5.97 Å². The maximum Gasteiger partial charge on any atom is 0.323 e. The number of carbonyl (C=O) groups is 1. The lowest BCUT2D eigenvalue weighted by molar-refractivity contribution is -0.140. The minimum atomic E-state index is -0.507. The number of rotatable bonds is 6. The monoisotopic (exact) mass is 369 g/mol. The van der Waals surface area contributed by atoms with E-state index in [0.717, 1.165) is 16.9 Å². The normalized spacial score (nSPS) is 11.8. The number of hydrogen-bond donors (Lipinski definition) is 0. The Morgan fingerprint density at radius 2 is 1.73 bits per heavy atom. The number of ether oxygens (including phenoxy) is 2. The molecule has 1 unspecified atom stereocenters. The zero-order valence-electron chi connectivity index (χ0n) is 14.7. The fraction of sp³-hybridized carbons (Fsp3) is 0.211. The third kappa shape index (κ3) is 3.72. The SMILES string of the molecule is COC(=O)C(Sc1nnc(-c2ccc(OC)cc2)n1C)c1ccccc1. The summed E-state index contributed by atoms with van der Waals surface area (Å²) in [7, 11) is 4.89. The molecule has 1 heterocycles. The topological polar surface area (TPSA) is 66.2 Å². The largest absolute Gasteiger partial charge is 0.497 e. The van der Waals surface area contributed by atoms with Crippen molar-refractivity contribution in [2.75, 3.05) is 14.2 Å². The van der Waals surface area contributed by atoms with Gasteiger partial charge in [-0.15, -0.1) is 10.2 Å². The molecule has 0 aliphatic heterocycles. The van der Waals surface area contributed by atoms with Crippen molar-refractivity contribution >= 4 is 17.7 Å². The van der Waals surface area contributed by atoms with E-state index in [2.05, 4.69) is 10.2 Å². The van der Waals surface area contributed by atoms with Crippen LogP contribution in [0.25, 0.3) is 11.4 Å². The lowest BCUT2D eigenvalue weighted by Gasteiger charge is -2.14. The first-order chi connectivity index (χ1) is 12.6. The molecular formula is C19H19N3O3S. The maximum atomic E-state index is 12.3. The molecule has 0 aliphatic rings. The van der Waals surface area contributed by atoms with Crippen LogP contribution in [-0.4, -0.2) is 35.0 Å². The van der Waals surface area contributed by atoms with Crippen LogP contribution in [0.5, 0.6) is 5.75 Å². The summed E-state index contributed by atoms with van der Waals surface area (Å²) in [5.74, 6) is 1.17. The van der Waals surface area contributed by atoms with Gasteiger partial charge >= 0.3 is 5.97 Å². The van der Waals surface area contributed by atoms with Crippen molar-refractivity contribution in [3.8, 4) is 17.1 Å². The van der Waals surface area contributed by atoms with Crippen molar-refractivity contribution in [2.45, 2.75) is 10.4 Å². The Hall–Kier alpha value is -2.80. The molecule has 0 radical (unpaired) electrons. The Bertz CT molecular complexity index is 879. The molecule has 1 aromatic heterocycles. The molecule has 7 heteroatoms. The Balaban J connectivity index is 1.89. The fourth-order valence-corrected chi connectivity index (χ4v) is 3.53. The minimum Gasteiger partial charge on any atom is -0.497 e. The van der Waals surface area contributed by atoms with Gasteiger partial charge in [0.2, 0.25) is 0 Å². The van der Waals surface area contributed by atoms with Crippen molar-refractivity contribution < 1.29 is 14.3 Å². The van der Waals surface area contributed by atoms with Gasteiger partial charge in [0.1, 0.15) is 11.0 Å². The van der Waals surface area contributed by atoms with Crippen LogP contribution in [0.15, 0.2) is 59.8 Å². The summed E-state index contributed by atoms with van der Waals surface area (Å²) < 4.78 is 12.0. The number of nitrogens with zero attached hydrogens (tertiary/aromatic N) is 3. The molecule has 0 N–H and O–H groups in total. The summed E-state index contributed by atoms with van der Waals surface area (Å²) in [6.07, 6.45) is 0. The Morgan fingerprint density at radius 1 is 1.04 bits per heavy atom. The molecule has 0 saturated carbocycles. The minimum absolute atomic E-state index is 0.324. The summed E-state index contributed by atoms with van der Waals surface area (Å²) >= 11 is 1.31. The van der Waals surface area contributed by atoms with Crippen molar-refractivity contribution in [3.63, 3.8) is 0 Å². The lowest BCUT2D eigenvalue weighted by atomic mass is 10.1. The first kappa shape index (κ1) is 18.0. The molecule has 0 amide bonds. The van der Waals surface area contributed by atoms with E-state index in [1.807, 2.05) is 66.2 Å². The standard InChI is InChI=1S/C19H19N3O3S/c1-22-17(14-9-11-15(24-2)12-10-14)20-21-19(22)26-16(18(23)25-3)13-7-5-4-6-8-13/h4-12,16H,1-3H3. The highest BCUT2D eigenvalue weighted by atomic mass is 32.2. The molecule has 0 bridgehead atoms. The second-order valence-corrected chi connectivity index (χ2v) is 6.60. The van der Waals surface area contributed by atoms with E-state index >= 15 is 0 Å². The summed E-state index contributed by atoms with van der Waals surface area (Å²) in [6, 6.07) is 17.1. The maximum absolute atomic E-state index is 12.3. The van der Waals surface area contributed by atoms with Crippen LogP contribution in [0.3, 0.4) is 0 Å². The number of aromatic nitrogens is 3. The molecule has 3 aromatic rings. The van der Waals surface area contributed by atoms with Gasteiger partial charge in [-0.2, -0.15) is 0 Å². The average molecular weight is 369 g/mol. The molecule has 0 aliphatic carbocycles. The Labute approximate surface area is 156 Å². The number of benzene rings is 2. The van der Waals surface area contributed by atoms with Gasteiger partial charge in [-0.3, -0.25) is 4.79 Å². The molecule has 0 saturated heterocycles. The first-order valence-electron chi connectivity index (χ1n) is 7.97. The third-order valence-electron chi connectivity index (χ3n) is 3.92. The highest BCUT2D eigenvalue weighted by molar-refractivity contribution is 8.00. The second-order valence-electron chi connectivity index (χ2n) is 5.53. The van der Waals surface area contributed by atoms with Crippen LogP contribution in [0.4, 0.5) is 0 Å². The fourth-order valence-electron chi connectivity index (χ4n) is 2.50. The predicted molar refractivity (Wildman–Crippen MR) is 100 cm³/mol. The van der Waals surface area contributed by atoms with Gasteiger partial charge in [-0.25, -0.2) is 0 Å². The van der Waals surface area contributed by atoms with Crippen molar-refractivity contribution in [3.05, 3.63) is 60.2 Å². The quantitative estimate of drug-likeness (QED) is 0.489. The smallest absolute Gasteiger partial charge is 0.323 e. The Morgan fingerprint density at radius 3 is 2.35 bits per heavy atom. The molecular weight excluding hydrogens is 350 g/mol. The van der Waals surface area contributed by atoms with Crippen molar-refractivity contribution in [1.29, 1.82) is 0 Å². The average Bonchev–Trinajstić information content (AvgIpc) is 3.06. The van der Waals surface area contributed by atoms with Gasteiger partial charge in [-0.05, 0) is 29.8 Å². The van der Waals surface area contributed by atoms with E-state index in [4.69, 9.17) is 9.47 Å². The third-order valence-corrected chi connectivity index (χ3v) is 5.19. The van der Waals surface area contributed by atoms with Gasteiger partial charge in [0.05, 0.1) is 14.2 Å². The molecule has 2 aromatic carbocycles. The van der Waals surface area contributed by atoms with E-state index < -0.39 is 5.25 Å². The number of hydrogen-bond acceptors (Lipinski definition) is 6. The zero-order valence-corrected chi connectivity index (χ0v) is 15.6.